The zero-order valence-corrected chi connectivity index (χ0v) is 8.13. The average molecular weight is 189 g/mol. The normalized spacial score (nSPS) is 11.4. The highest BCUT2D eigenvalue weighted by atomic mass is 16.4. The molecule has 0 radical (unpaired) electrons. The van der Waals surface area contributed by atoms with Crippen LogP contribution in [0.1, 0.15) is 24.8 Å². The van der Waals surface area contributed by atoms with E-state index in [1.165, 1.54) is 11.8 Å². The molecule has 1 aromatic rings. The summed E-state index contributed by atoms with van der Waals surface area (Å²) in [6, 6.07) is 10.2. The van der Waals surface area contributed by atoms with Crippen LogP contribution in [0.5, 0.6) is 0 Å². The molecule has 0 fully saturated rings. The Morgan fingerprint density at radius 2 is 1.93 bits per heavy atom. The van der Waals surface area contributed by atoms with Crippen LogP contribution in [0, 0.1) is 0 Å². The number of benzene rings is 1. The molecule has 1 N–H and O–H groups in total. The minimum absolute atomic E-state index is 0.829. The third-order valence-electron chi connectivity index (χ3n) is 1.90. The van der Waals surface area contributed by atoms with Crippen LogP contribution in [0.2, 0.25) is 0 Å². The number of unbranched alkanes of at least 4 members (excludes halogenated alkanes) is 2. The topological polar surface area (TPSA) is 32.6 Å². The molecule has 2 nitrogen and oxygen atoms in total. The quantitative estimate of drug-likeness (QED) is 0.327. The van der Waals surface area contributed by atoms with E-state index in [0.29, 0.717) is 0 Å². The molecule has 0 aromatic heterocycles. The van der Waals surface area contributed by atoms with Crippen molar-refractivity contribution in [1.29, 1.82) is 0 Å². The highest BCUT2D eigenvalue weighted by Crippen LogP contribution is 2.03. The molecule has 14 heavy (non-hydrogen) atoms. The van der Waals surface area contributed by atoms with E-state index in [0.717, 1.165) is 19.3 Å². The van der Waals surface area contributed by atoms with Crippen molar-refractivity contribution in [3.05, 3.63) is 42.0 Å². The van der Waals surface area contributed by atoms with Gasteiger partial charge in [-0.25, -0.2) is 0 Å². The van der Waals surface area contributed by atoms with E-state index in [2.05, 4.69) is 29.4 Å². The van der Waals surface area contributed by atoms with Crippen LogP contribution < -0.4 is 0 Å². The average Bonchev–Trinajstić information content (AvgIpc) is 2.25. The Bertz CT molecular complexity index is 290. The summed E-state index contributed by atoms with van der Waals surface area (Å²) in [5, 5.41) is 11.1. The van der Waals surface area contributed by atoms with E-state index in [9.17, 15) is 0 Å². The van der Waals surface area contributed by atoms with Crippen molar-refractivity contribution in [2.24, 2.45) is 5.16 Å². The minimum Gasteiger partial charge on any atom is -0.411 e. The van der Waals surface area contributed by atoms with Crippen LogP contribution in [-0.4, -0.2) is 11.4 Å². The molecular weight excluding hydrogens is 174 g/mol. The van der Waals surface area contributed by atoms with Crippen LogP contribution in [0.25, 0.3) is 6.08 Å². The Labute approximate surface area is 84.6 Å². The predicted octanol–water partition coefficient (Wildman–Crippen LogP) is 3.33. The lowest BCUT2D eigenvalue weighted by Gasteiger charge is -1.91. The number of allylic oxidation sites excluding steroid dienone is 1. The molecule has 0 saturated carbocycles. The molecule has 0 heterocycles. The maximum Gasteiger partial charge on any atom is 0.0436 e. The first-order chi connectivity index (χ1) is 6.93. The molecule has 0 aliphatic carbocycles. The van der Waals surface area contributed by atoms with Gasteiger partial charge in [0, 0.05) is 6.21 Å². The van der Waals surface area contributed by atoms with Gasteiger partial charge in [0.2, 0.25) is 0 Å². The summed E-state index contributed by atoms with van der Waals surface area (Å²) in [5.41, 5.74) is 1.23. The number of nitrogens with zero attached hydrogens (tertiary/aromatic N) is 1. The Morgan fingerprint density at radius 3 is 2.64 bits per heavy atom. The van der Waals surface area contributed by atoms with Crippen molar-refractivity contribution < 1.29 is 5.21 Å². The van der Waals surface area contributed by atoms with E-state index in [4.69, 9.17) is 5.21 Å². The van der Waals surface area contributed by atoms with Gasteiger partial charge in [-0.1, -0.05) is 42.5 Å². The minimum atomic E-state index is 0.829. The molecule has 2 heteroatoms. The maximum absolute atomic E-state index is 8.15. The molecule has 1 rings (SSSR count). The SMILES string of the molecule is O/N=C/CCCC=Cc1ccccc1. The van der Waals surface area contributed by atoms with Gasteiger partial charge in [0.15, 0.2) is 0 Å². The first kappa shape index (κ1) is 10.5. The van der Waals surface area contributed by atoms with Gasteiger partial charge < -0.3 is 5.21 Å². The van der Waals surface area contributed by atoms with E-state index in [1.807, 2.05) is 18.2 Å². The summed E-state index contributed by atoms with van der Waals surface area (Å²) in [6.07, 6.45) is 8.64. The van der Waals surface area contributed by atoms with Gasteiger partial charge >= 0.3 is 0 Å². The molecule has 1 aromatic carbocycles. The molecule has 0 unspecified atom stereocenters. The lowest BCUT2D eigenvalue weighted by Crippen LogP contribution is -1.75. The van der Waals surface area contributed by atoms with Gasteiger partial charge in [-0.05, 0) is 24.8 Å². The van der Waals surface area contributed by atoms with Crippen LogP contribution in [0.4, 0.5) is 0 Å². The Kier molecular flexibility index (Phi) is 5.18. The Hall–Kier alpha value is -1.57. The first-order valence-corrected chi connectivity index (χ1v) is 4.81. The van der Waals surface area contributed by atoms with E-state index >= 15 is 0 Å². The lowest BCUT2D eigenvalue weighted by molar-refractivity contribution is 0.320. The number of oxime groups is 1. The van der Waals surface area contributed by atoms with Crippen molar-refractivity contribution in [2.75, 3.05) is 0 Å². The third-order valence-corrected chi connectivity index (χ3v) is 1.90. The summed E-state index contributed by atoms with van der Waals surface area (Å²) in [5.74, 6) is 0. The fourth-order valence-electron chi connectivity index (χ4n) is 1.17. The van der Waals surface area contributed by atoms with Crippen LogP contribution in [-0.2, 0) is 0 Å². The van der Waals surface area contributed by atoms with Crippen molar-refractivity contribution in [3.8, 4) is 0 Å². The molecule has 0 amide bonds. The molecule has 74 valence electrons. The summed E-state index contributed by atoms with van der Waals surface area (Å²) in [4.78, 5) is 0. The molecule has 0 bridgehead atoms. The summed E-state index contributed by atoms with van der Waals surface area (Å²) in [7, 11) is 0. The number of rotatable bonds is 5. The van der Waals surface area contributed by atoms with Crippen molar-refractivity contribution in [1.82, 2.24) is 0 Å². The summed E-state index contributed by atoms with van der Waals surface area (Å²) >= 11 is 0. The molecule has 0 aliphatic heterocycles. The zero-order chi connectivity index (χ0) is 10.1. The largest absolute Gasteiger partial charge is 0.411 e. The molecular formula is C12H15NO. The highest BCUT2D eigenvalue weighted by molar-refractivity contribution is 5.56. The van der Waals surface area contributed by atoms with Crippen LogP contribution in [0.15, 0.2) is 41.6 Å². The molecule has 0 atom stereocenters. The van der Waals surface area contributed by atoms with E-state index in [1.54, 1.807) is 0 Å². The lowest BCUT2D eigenvalue weighted by atomic mass is 10.2. The zero-order valence-electron chi connectivity index (χ0n) is 8.13. The van der Waals surface area contributed by atoms with Crippen molar-refractivity contribution in [3.63, 3.8) is 0 Å². The molecule has 0 saturated heterocycles. The van der Waals surface area contributed by atoms with Gasteiger partial charge in [0.25, 0.3) is 0 Å². The highest BCUT2D eigenvalue weighted by Gasteiger charge is 1.83. The standard InChI is InChI=1S/C12H15NO/c14-13-11-7-2-1-4-8-12-9-5-3-6-10-12/h3-6,8-11,14H,1-2,7H2/b8-4?,13-11+. The van der Waals surface area contributed by atoms with Gasteiger partial charge in [-0.3, -0.25) is 0 Å². The van der Waals surface area contributed by atoms with Crippen molar-refractivity contribution in [2.45, 2.75) is 19.3 Å². The molecule has 0 spiro atoms. The Morgan fingerprint density at radius 1 is 1.14 bits per heavy atom. The smallest absolute Gasteiger partial charge is 0.0436 e. The summed E-state index contributed by atoms with van der Waals surface area (Å²) in [6.45, 7) is 0. The molecule has 0 aliphatic rings. The van der Waals surface area contributed by atoms with Gasteiger partial charge in [-0.2, -0.15) is 0 Å². The van der Waals surface area contributed by atoms with Crippen molar-refractivity contribution >= 4 is 12.3 Å². The number of hydrogen-bond donors (Lipinski definition) is 1. The van der Waals surface area contributed by atoms with E-state index < -0.39 is 0 Å². The second-order valence-corrected chi connectivity index (χ2v) is 3.04. The van der Waals surface area contributed by atoms with E-state index in [-0.39, 0.29) is 0 Å². The van der Waals surface area contributed by atoms with Crippen LogP contribution in [0.3, 0.4) is 0 Å². The number of hydrogen-bond acceptors (Lipinski definition) is 2. The predicted molar refractivity (Wildman–Crippen MR) is 59.6 cm³/mol. The van der Waals surface area contributed by atoms with Gasteiger partial charge in [0.05, 0.1) is 0 Å². The Balaban J connectivity index is 2.21. The van der Waals surface area contributed by atoms with Gasteiger partial charge in [0.1, 0.15) is 0 Å². The maximum atomic E-state index is 8.15. The van der Waals surface area contributed by atoms with Crippen LogP contribution >= 0.6 is 0 Å². The summed E-state index contributed by atoms with van der Waals surface area (Å²) < 4.78 is 0. The fraction of sp³-hybridized carbons (Fsp3) is 0.250. The van der Waals surface area contributed by atoms with Gasteiger partial charge in [-0.15, -0.1) is 5.16 Å². The first-order valence-electron chi connectivity index (χ1n) is 4.81. The third kappa shape index (κ3) is 4.45. The monoisotopic (exact) mass is 189 g/mol. The second-order valence-electron chi connectivity index (χ2n) is 3.04. The second kappa shape index (κ2) is 6.89. The fourth-order valence-corrected chi connectivity index (χ4v) is 1.17.